The molecule has 0 unspecified atom stereocenters. The molecule has 1 aromatic rings. The number of unbranched alkanes of at least 4 members (excludes halogenated alkanes) is 1. The molecule has 18 heavy (non-hydrogen) atoms. The van der Waals surface area contributed by atoms with Crippen molar-refractivity contribution in [1.29, 1.82) is 0 Å². The molecule has 0 radical (unpaired) electrons. The number of hydrogen-bond donors (Lipinski definition) is 1. The lowest BCUT2D eigenvalue weighted by atomic mass is 10.2. The summed E-state index contributed by atoms with van der Waals surface area (Å²) in [4.78, 5) is 0.347. The topological polar surface area (TPSA) is 53.7 Å². The average Bonchev–Trinajstić information content (AvgIpc) is 2.38. The lowest BCUT2D eigenvalue weighted by Gasteiger charge is -2.11. The molecule has 4 nitrogen and oxygen atoms in total. The zero-order valence-corrected chi connectivity index (χ0v) is 11.6. The standard InChI is InChI=1S/C13H19NO3S/c1-15-7-3-4-8-17-11-6-5-10(13(14)18)9-12(11)16-2/h5-6,9H,3-4,7-8H2,1-2H3,(H2,14,18). The maximum Gasteiger partial charge on any atom is 0.161 e. The van der Waals surface area contributed by atoms with Gasteiger partial charge >= 0.3 is 0 Å². The molecule has 2 N–H and O–H groups in total. The zero-order chi connectivity index (χ0) is 13.4. The van der Waals surface area contributed by atoms with E-state index in [1.54, 1.807) is 20.3 Å². The van der Waals surface area contributed by atoms with E-state index >= 15 is 0 Å². The molecule has 0 amide bonds. The SMILES string of the molecule is COCCCCOc1ccc(C(N)=S)cc1OC. The molecule has 0 bridgehead atoms. The van der Waals surface area contributed by atoms with Crippen LogP contribution < -0.4 is 15.2 Å². The maximum atomic E-state index is 5.64. The van der Waals surface area contributed by atoms with Gasteiger partial charge in [0.25, 0.3) is 0 Å². The Balaban J connectivity index is 2.57. The molecule has 0 atom stereocenters. The lowest BCUT2D eigenvalue weighted by molar-refractivity contribution is 0.183. The highest BCUT2D eigenvalue weighted by Gasteiger charge is 2.06. The Morgan fingerprint density at radius 2 is 1.89 bits per heavy atom. The van der Waals surface area contributed by atoms with Crippen LogP contribution in [0.15, 0.2) is 18.2 Å². The van der Waals surface area contributed by atoms with Gasteiger partial charge in [-0.25, -0.2) is 0 Å². The van der Waals surface area contributed by atoms with E-state index in [-0.39, 0.29) is 0 Å². The molecule has 0 saturated carbocycles. The first-order valence-corrected chi connectivity index (χ1v) is 6.19. The van der Waals surface area contributed by atoms with E-state index in [4.69, 9.17) is 32.2 Å². The number of ether oxygens (including phenoxy) is 3. The second-order valence-corrected chi connectivity index (χ2v) is 4.22. The molecule has 0 heterocycles. The monoisotopic (exact) mass is 269 g/mol. The Hall–Kier alpha value is -1.33. The normalized spacial score (nSPS) is 10.1. The first-order valence-electron chi connectivity index (χ1n) is 5.78. The van der Waals surface area contributed by atoms with Crippen LogP contribution in [0.4, 0.5) is 0 Å². The third-order valence-corrected chi connectivity index (χ3v) is 2.68. The number of thiocarbonyl (C=S) groups is 1. The van der Waals surface area contributed by atoms with Crippen LogP contribution in [0.3, 0.4) is 0 Å². The molecule has 0 spiro atoms. The number of methoxy groups -OCH3 is 2. The minimum absolute atomic E-state index is 0.347. The van der Waals surface area contributed by atoms with Crippen molar-refractivity contribution >= 4 is 17.2 Å². The highest BCUT2D eigenvalue weighted by molar-refractivity contribution is 7.80. The largest absolute Gasteiger partial charge is 0.493 e. The quantitative estimate of drug-likeness (QED) is 0.579. The van der Waals surface area contributed by atoms with Crippen molar-refractivity contribution in [3.8, 4) is 11.5 Å². The van der Waals surface area contributed by atoms with Gasteiger partial charge in [0.1, 0.15) is 4.99 Å². The highest BCUT2D eigenvalue weighted by atomic mass is 32.1. The predicted octanol–water partition coefficient (Wildman–Crippen LogP) is 2.13. The van der Waals surface area contributed by atoms with Crippen molar-refractivity contribution < 1.29 is 14.2 Å². The zero-order valence-electron chi connectivity index (χ0n) is 10.8. The van der Waals surface area contributed by atoms with Gasteiger partial charge in [-0.05, 0) is 31.0 Å². The Morgan fingerprint density at radius 1 is 1.17 bits per heavy atom. The lowest BCUT2D eigenvalue weighted by Crippen LogP contribution is -2.09. The Morgan fingerprint density at radius 3 is 2.50 bits per heavy atom. The summed E-state index contributed by atoms with van der Waals surface area (Å²) in [6.07, 6.45) is 1.91. The van der Waals surface area contributed by atoms with Crippen LogP contribution in [-0.2, 0) is 4.74 Å². The molecule has 0 aromatic heterocycles. The number of rotatable bonds is 8. The van der Waals surface area contributed by atoms with Gasteiger partial charge in [-0.15, -0.1) is 0 Å². The van der Waals surface area contributed by atoms with Crippen molar-refractivity contribution in [2.24, 2.45) is 5.73 Å². The molecular weight excluding hydrogens is 250 g/mol. The summed E-state index contributed by atoms with van der Waals surface area (Å²) in [6, 6.07) is 5.44. The fraction of sp³-hybridized carbons (Fsp3) is 0.462. The van der Waals surface area contributed by atoms with Crippen LogP contribution in [0.5, 0.6) is 11.5 Å². The van der Waals surface area contributed by atoms with E-state index in [2.05, 4.69) is 0 Å². The van der Waals surface area contributed by atoms with Crippen LogP contribution in [0.25, 0.3) is 0 Å². The highest BCUT2D eigenvalue weighted by Crippen LogP contribution is 2.28. The second-order valence-electron chi connectivity index (χ2n) is 3.78. The summed E-state index contributed by atoms with van der Waals surface area (Å²) in [7, 11) is 3.29. The summed E-state index contributed by atoms with van der Waals surface area (Å²) in [5.74, 6) is 1.35. The van der Waals surface area contributed by atoms with E-state index in [1.807, 2.05) is 12.1 Å². The van der Waals surface area contributed by atoms with Gasteiger partial charge in [0.05, 0.1) is 13.7 Å². The first-order chi connectivity index (χ1) is 8.69. The second kappa shape index (κ2) is 7.89. The van der Waals surface area contributed by atoms with E-state index in [1.165, 1.54) is 0 Å². The minimum Gasteiger partial charge on any atom is -0.493 e. The smallest absolute Gasteiger partial charge is 0.161 e. The predicted molar refractivity (Wildman–Crippen MR) is 75.5 cm³/mol. The van der Waals surface area contributed by atoms with Gasteiger partial charge in [0, 0.05) is 19.3 Å². The molecule has 0 fully saturated rings. The Labute approximate surface area is 113 Å². The van der Waals surface area contributed by atoms with Gasteiger partial charge in [-0.2, -0.15) is 0 Å². The number of nitrogens with two attached hydrogens (primary N) is 1. The van der Waals surface area contributed by atoms with Gasteiger partial charge < -0.3 is 19.9 Å². The van der Waals surface area contributed by atoms with E-state index in [0.717, 1.165) is 25.0 Å². The summed E-state index contributed by atoms with van der Waals surface area (Å²) < 4.78 is 15.9. The summed E-state index contributed by atoms with van der Waals surface area (Å²) in [5, 5.41) is 0. The van der Waals surface area contributed by atoms with E-state index in [9.17, 15) is 0 Å². The molecule has 1 rings (SSSR count). The third-order valence-electron chi connectivity index (χ3n) is 2.45. The van der Waals surface area contributed by atoms with Crippen LogP contribution in [-0.4, -0.2) is 32.4 Å². The van der Waals surface area contributed by atoms with Crippen molar-refractivity contribution in [3.63, 3.8) is 0 Å². The van der Waals surface area contributed by atoms with Gasteiger partial charge in [-0.1, -0.05) is 12.2 Å². The van der Waals surface area contributed by atoms with E-state index < -0.39 is 0 Å². The fourth-order valence-corrected chi connectivity index (χ4v) is 1.60. The molecule has 0 aliphatic rings. The summed E-state index contributed by atoms with van der Waals surface area (Å²) in [5.41, 5.74) is 6.34. The van der Waals surface area contributed by atoms with Crippen molar-refractivity contribution in [1.82, 2.24) is 0 Å². The van der Waals surface area contributed by atoms with Crippen LogP contribution in [0, 0.1) is 0 Å². The molecule has 1 aromatic carbocycles. The molecule has 0 aliphatic carbocycles. The third kappa shape index (κ3) is 4.50. The van der Waals surface area contributed by atoms with Gasteiger partial charge in [-0.3, -0.25) is 0 Å². The van der Waals surface area contributed by atoms with Gasteiger partial charge in [0.15, 0.2) is 11.5 Å². The molecule has 0 aliphatic heterocycles. The van der Waals surface area contributed by atoms with Crippen molar-refractivity contribution in [2.45, 2.75) is 12.8 Å². The Kier molecular flexibility index (Phi) is 6.46. The Bertz CT molecular complexity index is 396. The van der Waals surface area contributed by atoms with E-state index in [0.29, 0.717) is 23.1 Å². The first kappa shape index (κ1) is 14.7. The number of hydrogen-bond acceptors (Lipinski definition) is 4. The van der Waals surface area contributed by atoms with Crippen LogP contribution in [0.1, 0.15) is 18.4 Å². The van der Waals surface area contributed by atoms with Crippen LogP contribution >= 0.6 is 12.2 Å². The maximum absolute atomic E-state index is 5.64. The summed E-state index contributed by atoms with van der Waals surface area (Å²) >= 11 is 4.92. The van der Waals surface area contributed by atoms with Crippen molar-refractivity contribution in [3.05, 3.63) is 23.8 Å². The fourth-order valence-electron chi connectivity index (χ4n) is 1.47. The average molecular weight is 269 g/mol. The molecular formula is C13H19NO3S. The minimum atomic E-state index is 0.347. The van der Waals surface area contributed by atoms with Gasteiger partial charge in [0.2, 0.25) is 0 Å². The number of benzene rings is 1. The molecule has 100 valence electrons. The summed E-state index contributed by atoms with van der Waals surface area (Å²) in [6.45, 7) is 1.38. The molecule has 0 saturated heterocycles. The van der Waals surface area contributed by atoms with Crippen LogP contribution in [0.2, 0.25) is 0 Å². The van der Waals surface area contributed by atoms with Crippen molar-refractivity contribution in [2.75, 3.05) is 27.4 Å². The molecule has 5 heteroatoms.